The van der Waals surface area contributed by atoms with E-state index in [0.717, 1.165) is 22.9 Å². The Bertz CT molecular complexity index is 1020. The molecule has 3 aromatic rings. The summed E-state index contributed by atoms with van der Waals surface area (Å²) in [4.78, 5) is 16.3. The van der Waals surface area contributed by atoms with Crippen molar-refractivity contribution in [1.29, 1.82) is 0 Å². The van der Waals surface area contributed by atoms with Crippen LogP contribution in [0.15, 0.2) is 42.6 Å². The summed E-state index contributed by atoms with van der Waals surface area (Å²) in [6.07, 6.45) is -3.12. The fraction of sp³-hybridized carbons (Fsp3) is 0.118. The van der Waals surface area contributed by atoms with E-state index < -0.39 is 17.6 Å². The molecule has 0 atom stereocenters. The van der Waals surface area contributed by atoms with Crippen molar-refractivity contribution in [1.82, 2.24) is 14.8 Å². The van der Waals surface area contributed by atoms with Crippen LogP contribution in [0, 0.1) is 6.92 Å². The zero-order valence-corrected chi connectivity index (χ0v) is 15.2. The number of benzene rings is 1. The number of anilines is 1. The van der Waals surface area contributed by atoms with E-state index in [9.17, 15) is 18.0 Å². The Morgan fingerprint density at radius 1 is 1.19 bits per heavy atom. The van der Waals surface area contributed by atoms with Crippen molar-refractivity contribution in [3.63, 3.8) is 0 Å². The number of aromatic nitrogens is 3. The minimum atomic E-state index is -4.55. The number of halogens is 5. The van der Waals surface area contributed by atoms with Crippen molar-refractivity contribution >= 4 is 34.9 Å². The Balaban J connectivity index is 2.03. The highest BCUT2D eigenvalue weighted by atomic mass is 35.5. The van der Waals surface area contributed by atoms with Gasteiger partial charge in [0.1, 0.15) is 11.0 Å². The molecular formula is C17H11Cl2F3N4O. The summed E-state index contributed by atoms with van der Waals surface area (Å²) in [5.74, 6) is -0.448. The Morgan fingerprint density at radius 3 is 2.59 bits per heavy atom. The van der Waals surface area contributed by atoms with Gasteiger partial charge in [-0.05, 0) is 37.3 Å². The second-order valence-corrected chi connectivity index (χ2v) is 6.31. The van der Waals surface area contributed by atoms with E-state index in [1.165, 1.54) is 24.4 Å². The molecule has 27 heavy (non-hydrogen) atoms. The zero-order chi connectivity index (χ0) is 19.8. The number of nitrogens with zero attached hydrogens (tertiary/aromatic N) is 3. The van der Waals surface area contributed by atoms with E-state index in [-0.39, 0.29) is 27.2 Å². The quantitative estimate of drug-likeness (QED) is 0.602. The lowest BCUT2D eigenvalue weighted by atomic mass is 10.2. The number of aryl methyl sites for hydroxylation is 1. The van der Waals surface area contributed by atoms with E-state index in [1.807, 2.05) is 0 Å². The fourth-order valence-electron chi connectivity index (χ4n) is 2.36. The maximum atomic E-state index is 13.0. The van der Waals surface area contributed by atoms with Crippen molar-refractivity contribution in [2.24, 2.45) is 0 Å². The zero-order valence-electron chi connectivity index (χ0n) is 13.7. The van der Waals surface area contributed by atoms with Crippen LogP contribution in [0.4, 0.5) is 19.0 Å². The lowest BCUT2D eigenvalue weighted by molar-refractivity contribution is -0.137. The molecule has 0 bridgehead atoms. The molecule has 10 heteroatoms. The van der Waals surface area contributed by atoms with E-state index in [0.29, 0.717) is 5.69 Å². The van der Waals surface area contributed by atoms with Crippen molar-refractivity contribution in [2.75, 3.05) is 5.32 Å². The molecule has 0 unspecified atom stereocenters. The van der Waals surface area contributed by atoms with Crippen LogP contribution < -0.4 is 5.32 Å². The first-order valence-electron chi connectivity index (χ1n) is 7.52. The molecular weight excluding hydrogens is 404 g/mol. The van der Waals surface area contributed by atoms with Crippen LogP contribution in [0.5, 0.6) is 0 Å². The van der Waals surface area contributed by atoms with Gasteiger partial charge in [0.05, 0.1) is 27.5 Å². The third-order valence-electron chi connectivity index (χ3n) is 3.58. The van der Waals surface area contributed by atoms with Crippen LogP contribution in [-0.2, 0) is 6.18 Å². The predicted octanol–water partition coefficient (Wildman–Crippen LogP) is 5.15. The molecule has 2 heterocycles. The summed E-state index contributed by atoms with van der Waals surface area (Å²) in [5, 5.41) is 6.74. The number of amides is 1. The molecule has 0 aliphatic heterocycles. The summed E-state index contributed by atoms with van der Waals surface area (Å²) in [6, 6.07) is 7.36. The van der Waals surface area contributed by atoms with Crippen molar-refractivity contribution in [2.45, 2.75) is 13.1 Å². The van der Waals surface area contributed by atoms with E-state index in [1.54, 1.807) is 6.92 Å². The normalized spacial score (nSPS) is 11.5. The van der Waals surface area contributed by atoms with Crippen molar-refractivity contribution in [3.8, 4) is 5.69 Å². The molecule has 0 aliphatic carbocycles. The SMILES string of the molecule is Cc1cc(NC(=O)c2cccnc2Cl)n(-c2cc(C(F)(F)F)ccc2Cl)n1. The number of alkyl halides is 3. The third kappa shape index (κ3) is 4.06. The molecule has 1 N–H and O–H groups in total. The number of carbonyl (C=O) groups excluding carboxylic acids is 1. The average molecular weight is 415 g/mol. The minimum absolute atomic E-state index is 0.00473. The van der Waals surface area contributed by atoms with Crippen LogP contribution in [0.1, 0.15) is 21.6 Å². The van der Waals surface area contributed by atoms with Gasteiger partial charge >= 0.3 is 6.18 Å². The summed E-state index contributed by atoms with van der Waals surface area (Å²) < 4.78 is 40.2. The van der Waals surface area contributed by atoms with Crippen LogP contribution in [0.2, 0.25) is 10.2 Å². The number of carbonyl (C=O) groups is 1. The highest BCUT2D eigenvalue weighted by Crippen LogP contribution is 2.34. The number of nitrogens with one attached hydrogen (secondary N) is 1. The van der Waals surface area contributed by atoms with Gasteiger partial charge in [0.2, 0.25) is 0 Å². The first-order chi connectivity index (χ1) is 12.7. The second-order valence-electron chi connectivity index (χ2n) is 5.54. The maximum Gasteiger partial charge on any atom is 0.416 e. The Hall–Kier alpha value is -2.58. The van der Waals surface area contributed by atoms with Gasteiger partial charge in [-0.15, -0.1) is 0 Å². The topological polar surface area (TPSA) is 59.8 Å². The molecule has 5 nitrogen and oxygen atoms in total. The molecule has 0 spiro atoms. The third-order valence-corrected chi connectivity index (χ3v) is 4.20. The Morgan fingerprint density at radius 2 is 1.93 bits per heavy atom. The van der Waals surface area contributed by atoms with Crippen molar-refractivity contribution in [3.05, 3.63) is 69.6 Å². The van der Waals surface area contributed by atoms with Gasteiger partial charge in [-0.2, -0.15) is 18.3 Å². The molecule has 1 aromatic carbocycles. The molecule has 0 aliphatic rings. The smallest absolute Gasteiger partial charge is 0.306 e. The molecule has 0 fully saturated rings. The highest BCUT2D eigenvalue weighted by molar-refractivity contribution is 6.33. The van der Waals surface area contributed by atoms with Crippen LogP contribution in [-0.4, -0.2) is 20.7 Å². The second kappa shape index (κ2) is 7.21. The first-order valence-corrected chi connectivity index (χ1v) is 8.28. The predicted molar refractivity (Wildman–Crippen MR) is 95.5 cm³/mol. The Kier molecular flexibility index (Phi) is 5.12. The molecule has 0 saturated carbocycles. The lowest BCUT2D eigenvalue weighted by Gasteiger charge is -2.13. The van der Waals surface area contributed by atoms with Gasteiger partial charge in [-0.3, -0.25) is 4.79 Å². The van der Waals surface area contributed by atoms with Gasteiger partial charge in [0.25, 0.3) is 5.91 Å². The number of rotatable bonds is 3. The van der Waals surface area contributed by atoms with Crippen LogP contribution in [0.25, 0.3) is 5.69 Å². The van der Waals surface area contributed by atoms with Gasteiger partial charge in [-0.1, -0.05) is 23.2 Å². The fourth-order valence-corrected chi connectivity index (χ4v) is 2.77. The average Bonchev–Trinajstić information content (AvgIpc) is 2.94. The molecule has 0 saturated heterocycles. The van der Waals surface area contributed by atoms with E-state index >= 15 is 0 Å². The van der Waals surface area contributed by atoms with Gasteiger partial charge in [-0.25, -0.2) is 9.67 Å². The summed E-state index contributed by atoms with van der Waals surface area (Å²) in [6.45, 7) is 1.63. The van der Waals surface area contributed by atoms with Gasteiger partial charge in [0, 0.05) is 12.3 Å². The first kappa shape index (κ1) is 19.2. The van der Waals surface area contributed by atoms with Crippen LogP contribution >= 0.6 is 23.2 Å². The largest absolute Gasteiger partial charge is 0.416 e. The maximum absolute atomic E-state index is 13.0. The summed E-state index contributed by atoms with van der Waals surface area (Å²) in [7, 11) is 0. The lowest BCUT2D eigenvalue weighted by Crippen LogP contribution is -2.16. The number of pyridine rings is 1. The monoisotopic (exact) mass is 414 g/mol. The number of hydrogen-bond donors (Lipinski definition) is 1. The molecule has 1 amide bonds. The number of hydrogen-bond acceptors (Lipinski definition) is 3. The standard InChI is InChI=1S/C17H11Cl2F3N4O/c1-9-7-14(24-16(27)11-3-2-6-23-15(11)19)26(25-9)13-8-10(17(20,21)22)4-5-12(13)18/h2-8H,1H3,(H,24,27). The van der Waals surface area contributed by atoms with Crippen molar-refractivity contribution < 1.29 is 18.0 Å². The minimum Gasteiger partial charge on any atom is -0.306 e. The molecule has 2 aromatic heterocycles. The molecule has 140 valence electrons. The van der Waals surface area contributed by atoms with E-state index in [4.69, 9.17) is 23.2 Å². The van der Waals surface area contributed by atoms with E-state index in [2.05, 4.69) is 15.4 Å². The van der Waals surface area contributed by atoms with Crippen LogP contribution in [0.3, 0.4) is 0 Å². The molecule has 0 radical (unpaired) electrons. The summed E-state index contributed by atoms with van der Waals surface area (Å²) >= 11 is 12.0. The highest BCUT2D eigenvalue weighted by Gasteiger charge is 2.31. The Labute approximate surface area is 161 Å². The molecule has 3 rings (SSSR count). The van der Waals surface area contributed by atoms with Gasteiger partial charge in [0.15, 0.2) is 0 Å². The summed E-state index contributed by atoms with van der Waals surface area (Å²) in [5.41, 5.74) is -0.328. The van der Waals surface area contributed by atoms with Gasteiger partial charge < -0.3 is 5.32 Å².